The van der Waals surface area contributed by atoms with E-state index in [1.165, 1.54) is 10.6 Å². The van der Waals surface area contributed by atoms with Crippen LogP contribution in [0.25, 0.3) is 0 Å². The molecule has 6 nitrogen and oxygen atoms in total. The Kier molecular flexibility index (Phi) is 5.80. The molecule has 0 aliphatic rings. The fourth-order valence-electron chi connectivity index (χ4n) is 2.44. The molecule has 1 aromatic heterocycles. The van der Waals surface area contributed by atoms with E-state index in [4.69, 9.17) is 4.42 Å². The summed E-state index contributed by atoms with van der Waals surface area (Å²) in [5, 5.41) is 2.81. The van der Waals surface area contributed by atoms with Crippen molar-refractivity contribution in [2.24, 2.45) is 0 Å². The molecule has 0 spiro atoms. The number of furan rings is 1. The van der Waals surface area contributed by atoms with Gasteiger partial charge in [-0.15, -0.1) is 0 Å². The summed E-state index contributed by atoms with van der Waals surface area (Å²) in [6, 6.07) is 9.17. The molecule has 0 aliphatic heterocycles. The Bertz CT molecular complexity index is 778. The van der Waals surface area contributed by atoms with Gasteiger partial charge in [-0.2, -0.15) is 4.31 Å². The van der Waals surface area contributed by atoms with Crippen molar-refractivity contribution in [1.82, 2.24) is 4.31 Å². The lowest BCUT2D eigenvalue weighted by molar-refractivity contribution is -0.116. The zero-order valence-electron chi connectivity index (χ0n) is 14.1. The van der Waals surface area contributed by atoms with E-state index >= 15 is 0 Å². The number of nitrogens with zero attached hydrogens (tertiary/aromatic N) is 1. The molecule has 1 N–H and O–H groups in total. The first-order valence-corrected chi connectivity index (χ1v) is 9.44. The Morgan fingerprint density at radius 3 is 2.42 bits per heavy atom. The lowest BCUT2D eigenvalue weighted by atomic mass is 10.1. The second-order valence-corrected chi connectivity index (χ2v) is 7.83. The summed E-state index contributed by atoms with van der Waals surface area (Å²) in [6.07, 6.45) is 2.68. The van der Waals surface area contributed by atoms with Gasteiger partial charge in [0.15, 0.2) is 0 Å². The van der Waals surface area contributed by atoms with E-state index in [0.29, 0.717) is 5.76 Å². The van der Waals surface area contributed by atoms with Gasteiger partial charge in [-0.3, -0.25) is 4.79 Å². The number of hydrogen-bond acceptors (Lipinski definition) is 4. The van der Waals surface area contributed by atoms with Crippen molar-refractivity contribution in [2.75, 3.05) is 18.1 Å². The molecular formula is C17H22N2O4S. The van der Waals surface area contributed by atoms with Crippen molar-refractivity contribution >= 4 is 21.6 Å². The first kappa shape index (κ1) is 18.2. The van der Waals surface area contributed by atoms with E-state index in [1.807, 2.05) is 32.0 Å². The molecule has 7 heteroatoms. The summed E-state index contributed by atoms with van der Waals surface area (Å²) < 4.78 is 30.2. The second kappa shape index (κ2) is 7.63. The number of benzene rings is 1. The SMILES string of the molecule is Cc1cc(C)cc(NC(=O)CCN(Cc2ccco2)S(C)(=O)=O)c1. The molecule has 0 unspecified atom stereocenters. The molecular weight excluding hydrogens is 328 g/mol. The van der Waals surface area contributed by atoms with E-state index < -0.39 is 10.0 Å². The highest BCUT2D eigenvalue weighted by Crippen LogP contribution is 2.15. The molecule has 0 saturated carbocycles. The third-order valence-corrected chi connectivity index (χ3v) is 4.72. The van der Waals surface area contributed by atoms with Crippen LogP contribution < -0.4 is 5.32 Å². The summed E-state index contributed by atoms with van der Waals surface area (Å²) >= 11 is 0. The van der Waals surface area contributed by atoms with Crippen LogP contribution >= 0.6 is 0 Å². The third kappa shape index (κ3) is 5.50. The third-order valence-electron chi connectivity index (χ3n) is 3.48. The average Bonchev–Trinajstić information content (AvgIpc) is 2.93. The van der Waals surface area contributed by atoms with Crippen molar-refractivity contribution in [1.29, 1.82) is 0 Å². The van der Waals surface area contributed by atoms with Crippen LogP contribution in [0.5, 0.6) is 0 Å². The zero-order chi connectivity index (χ0) is 17.7. The standard InChI is InChI=1S/C17H22N2O4S/c1-13-9-14(2)11-15(10-13)18-17(20)6-7-19(24(3,21)22)12-16-5-4-8-23-16/h4-5,8-11H,6-7,12H2,1-3H3,(H,18,20). The lowest BCUT2D eigenvalue weighted by Gasteiger charge is -2.18. The highest BCUT2D eigenvalue weighted by atomic mass is 32.2. The topological polar surface area (TPSA) is 79.6 Å². The molecule has 1 heterocycles. The van der Waals surface area contributed by atoms with Gasteiger partial charge < -0.3 is 9.73 Å². The normalized spacial score (nSPS) is 11.7. The largest absolute Gasteiger partial charge is 0.468 e. The van der Waals surface area contributed by atoms with E-state index in [2.05, 4.69) is 5.32 Å². The van der Waals surface area contributed by atoms with E-state index in [1.54, 1.807) is 12.1 Å². The Morgan fingerprint density at radius 1 is 1.21 bits per heavy atom. The van der Waals surface area contributed by atoms with Crippen LogP contribution in [0.4, 0.5) is 5.69 Å². The van der Waals surface area contributed by atoms with Gasteiger partial charge in [-0.1, -0.05) is 6.07 Å². The van der Waals surface area contributed by atoms with Crippen LogP contribution in [0.3, 0.4) is 0 Å². The van der Waals surface area contributed by atoms with Crippen molar-refractivity contribution in [2.45, 2.75) is 26.8 Å². The number of carbonyl (C=O) groups excluding carboxylic acids is 1. The molecule has 1 aromatic carbocycles. The number of anilines is 1. The number of hydrogen-bond donors (Lipinski definition) is 1. The minimum atomic E-state index is -3.43. The first-order valence-electron chi connectivity index (χ1n) is 7.60. The average molecular weight is 350 g/mol. The minimum absolute atomic E-state index is 0.0702. The summed E-state index contributed by atoms with van der Waals surface area (Å²) in [5.74, 6) is 0.309. The summed E-state index contributed by atoms with van der Waals surface area (Å²) in [5.41, 5.74) is 2.83. The van der Waals surface area contributed by atoms with Gasteiger partial charge in [0.25, 0.3) is 0 Å². The minimum Gasteiger partial charge on any atom is -0.468 e. The van der Waals surface area contributed by atoms with Crippen LogP contribution in [0.2, 0.25) is 0 Å². The fourth-order valence-corrected chi connectivity index (χ4v) is 3.22. The predicted octanol–water partition coefficient (Wildman–Crippen LogP) is 2.69. The van der Waals surface area contributed by atoms with Gasteiger partial charge in [0, 0.05) is 18.7 Å². The van der Waals surface area contributed by atoms with E-state index in [0.717, 1.165) is 23.1 Å². The van der Waals surface area contributed by atoms with Crippen molar-refractivity contribution in [3.63, 3.8) is 0 Å². The Morgan fingerprint density at radius 2 is 1.88 bits per heavy atom. The number of aryl methyl sites for hydroxylation is 2. The molecule has 1 amide bonds. The summed E-state index contributed by atoms with van der Waals surface area (Å²) in [4.78, 5) is 12.1. The molecule has 0 atom stereocenters. The molecule has 24 heavy (non-hydrogen) atoms. The number of amides is 1. The van der Waals surface area contributed by atoms with Crippen LogP contribution in [-0.4, -0.2) is 31.4 Å². The lowest BCUT2D eigenvalue weighted by Crippen LogP contribution is -2.32. The predicted molar refractivity (Wildman–Crippen MR) is 93.1 cm³/mol. The van der Waals surface area contributed by atoms with Gasteiger partial charge in [0.05, 0.1) is 19.1 Å². The number of rotatable bonds is 7. The molecule has 0 fully saturated rings. The summed E-state index contributed by atoms with van der Waals surface area (Å²) in [7, 11) is -3.43. The van der Waals surface area contributed by atoms with E-state index in [-0.39, 0.29) is 25.4 Å². The second-order valence-electron chi connectivity index (χ2n) is 5.85. The highest BCUT2D eigenvalue weighted by molar-refractivity contribution is 7.88. The van der Waals surface area contributed by atoms with Crippen LogP contribution in [0, 0.1) is 13.8 Å². The van der Waals surface area contributed by atoms with Crippen molar-refractivity contribution < 1.29 is 17.6 Å². The molecule has 2 aromatic rings. The van der Waals surface area contributed by atoms with Gasteiger partial charge in [0.2, 0.25) is 15.9 Å². The highest BCUT2D eigenvalue weighted by Gasteiger charge is 2.19. The maximum atomic E-state index is 12.1. The fraction of sp³-hybridized carbons (Fsp3) is 0.353. The monoisotopic (exact) mass is 350 g/mol. The zero-order valence-corrected chi connectivity index (χ0v) is 14.9. The van der Waals surface area contributed by atoms with Crippen molar-refractivity contribution in [3.8, 4) is 0 Å². The molecule has 0 saturated heterocycles. The molecule has 0 radical (unpaired) electrons. The number of nitrogens with one attached hydrogen (secondary N) is 1. The van der Waals surface area contributed by atoms with Crippen LogP contribution in [0.1, 0.15) is 23.3 Å². The van der Waals surface area contributed by atoms with Gasteiger partial charge in [-0.05, 0) is 49.2 Å². The first-order chi connectivity index (χ1) is 11.2. The smallest absolute Gasteiger partial charge is 0.225 e. The van der Waals surface area contributed by atoms with Crippen LogP contribution in [0.15, 0.2) is 41.0 Å². The van der Waals surface area contributed by atoms with E-state index in [9.17, 15) is 13.2 Å². The maximum absolute atomic E-state index is 12.1. The molecule has 0 bridgehead atoms. The Hall–Kier alpha value is -2.12. The van der Waals surface area contributed by atoms with Gasteiger partial charge >= 0.3 is 0 Å². The number of sulfonamides is 1. The maximum Gasteiger partial charge on any atom is 0.225 e. The quantitative estimate of drug-likeness (QED) is 0.832. The Balaban J connectivity index is 1.96. The molecule has 130 valence electrons. The van der Waals surface area contributed by atoms with Crippen LogP contribution in [-0.2, 0) is 21.4 Å². The van der Waals surface area contributed by atoms with Gasteiger partial charge in [0.1, 0.15) is 5.76 Å². The summed E-state index contributed by atoms with van der Waals surface area (Å²) in [6.45, 7) is 4.12. The van der Waals surface area contributed by atoms with Gasteiger partial charge in [-0.25, -0.2) is 8.42 Å². The molecule has 0 aliphatic carbocycles. The van der Waals surface area contributed by atoms with Crippen molar-refractivity contribution in [3.05, 3.63) is 53.5 Å². The number of carbonyl (C=O) groups is 1. The Labute approximate surface area is 142 Å². The molecule has 2 rings (SSSR count).